The molecule has 0 aromatic rings. The molecule has 0 saturated heterocycles. The molecule has 0 bridgehead atoms. The smallest absolute Gasteiger partial charge is 0.462 e. The molecule has 0 aromatic heterocycles. The number of unbranched alkanes of at least 4 members (excludes halogenated alkanes) is 18. The van der Waals surface area contributed by atoms with Crippen LogP contribution in [0.2, 0.25) is 0 Å². The van der Waals surface area contributed by atoms with Crippen LogP contribution in [0.1, 0.15) is 206 Å². The van der Waals surface area contributed by atoms with Gasteiger partial charge in [-0.05, 0) is 77.0 Å². The molecule has 2 unspecified atom stereocenters. The predicted octanol–water partition coefficient (Wildman–Crippen LogP) is 15.7. The van der Waals surface area contributed by atoms with E-state index in [4.69, 9.17) is 24.3 Å². The van der Waals surface area contributed by atoms with Crippen LogP contribution >= 0.6 is 7.82 Å². The van der Waals surface area contributed by atoms with Gasteiger partial charge >= 0.3 is 19.8 Å². The maximum Gasteiger partial charge on any atom is 0.472 e. The topological polar surface area (TPSA) is 134 Å². The highest BCUT2D eigenvalue weighted by atomic mass is 31.2. The van der Waals surface area contributed by atoms with Gasteiger partial charge in [0.25, 0.3) is 0 Å². The number of carbonyl (C=O) groups excluding carboxylic acids is 2. The molecule has 9 nitrogen and oxygen atoms in total. The Hall–Kier alpha value is -3.07. The standard InChI is InChI=1S/C55H94NO8P/c1-3-5-7-9-11-13-15-16-17-18-19-20-21-22-23-24-25-26-27-28-29-30-31-32-33-34-35-36-38-40-42-44-46-48-55(58)64-53(52-63-65(59,60)62-50-49-56)51-61-54(57)47-45-43-41-39-37-14-12-10-8-6-4-2/h5,7,11,13,16-17,19-20,22-23,25-26,28-29,31-32,53H,3-4,6,8-10,12,14-15,18,21,24,27,30,33-52,56H2,1-2H3,(H,59,60)/b7-5-,13-11-,17-16-,20-19-,23-22-,26-25-,29-28-,32-31-. The lowest BCUT2D eigenvalue weighted by Gasteiger charge is -2.19. The first-order valence-electron chi connectivity index (χ1n) is 25.7. The van der Waals surface area contributed by atoms with Crippen molar-refractivity contribution in [3.63, 3.8) is 0 Å². The number of phosphoric ester groups is 1. The summed E-state index contributed by atoms with van der Waals surface area (Å²) in [5, 5.41) is 0. The first kappa shape index (κ1) is 61.9. The Morgan fingerprint density at radius 3 is 1.26 bits per heavy atom. The van der Waals surface area contributed by atoms with Gasteiger partial charge in [-0.2, -0.15) is 0 Å². The summed E-state index contributed by atoms with van der Waals surface area (Å²) in [5.41, 5.74) is 5.36. The van der Waals surface area contributed by atoms with Crippen molar-refractivity contribution < 1.29 is 37.6 Å². The molecule has 65 heavy (non-hydrogen) atoms. The third kappa shape index (κ3) is 50.2. The third-order valence-corrected chi connectivity index (χ3v) is 11.5. The van der Waals surface area contributed by atoms with Crippen LogP contribution in [0.25, 0.3) is 0 Å². The quantitative estimate of drug-likeness (QED) is 0.0265. The van der Waals surface area contributed by atoms with Gasteiger partial charge in [-0.25, -0.2) is 4.57 Å². The van der Waals surface area contributed by atoms with Crippen molar-refractivity contribution in [2.45, 2.75) is 213 Å². The van der Waals surface area contributed by atoms with E-state index in [1.165, 1.54) is 77.0 Å². The molecule has 0 saturated carbocycles. The fourth-order valence-corrected chi connectivity index (χ4v) is 7.47. The summed E-state index contributed by atoms with van der Waals surface area (Å²) in [4.78, 5) is 34.9. The molecule has 372 valence electrons. The van der Waals surface area contributed by atoms with Gasteiger partial charge in [0, 0.05) is 19.4 Å². The largest absolute Gasteiger partial charge is 0.472 e. The summed E-state index contributed by atoms with van der Waals surface area (Å²) in [7, 11) is -4.38. The van der Waals surface area contributed by atoms with Crippen LogP contribution < -0.4 is 5.73 Å². The maximum absolute atomic E-state index is 12.6. The molecule has 0 aliphatic rings. The van der Waals surface area contributed by atoms with Crippen LogP contribution in [0.3, 0.4) is 0 Å². The lowest BCUT2D eigenvalue weighted by molar-refractivity contribution is -0.161. The second kappa shape index (κ2) is 50.3. The molecule has 3 N–H and O–H groups in total. The Balaban J connectivity index is 4.01. The molecule has 0 aliphatic carbocycles. The van der Waals surface area contributed by atoms with E-state index in [1.54, 1.807) is 0 Å². The van der Waals surface area contributed by atoms with E-state index in [0.29, 0.717) is 6.42 Å². The zero-order valence-corrected chi connectivity index (χ0v) is 42.1. The first-order valence-corrected chi connectivity index (χ1v) is 27.2. The lowest BCUT2D eigenvalue weighted by Crippen LogP contribution is -2.29. The number of nitrogens with two attached hydrogens (primary N) is 1. The van der Waals surface area contributed by atoms with Crippen molar-refractivity contribution in [3.05, 3.63) is 97.2 Å². The average Bonchev–Trinajstić information content (AvgIpc) is 3.30. The van der Waals surface area contributed by atoms with Gasteiger partial charge in [-0.1, -0.05) is 214 Å². The van der Waals surface area contributed by atoms with Gasteiger partial charge in [0.1, 0.15) is 6.61 Å². The molecule has 0 aromatic carbocycles. The van der Waals surface area contributed by atoms with E-state index in [1.807, 2.05) is 0 Å². The highest BCUT2D eigenvalue weighted by Gasteiger charge is 2.26. The third-order valence-electron chi connectivity index (χ3n) is 10.5. The van der Waals surface area contributed by atoms with Crippen molar-refractivity contribution >= 4 is 19.8 Å². The minimum Gasteiger partial charge on any atom is -0.462 e. The summed E-state index contributed by atoms with van der Waals surface area (Å²) in [6, 6.07) is 0. The fraction of sp³-hybridized carbons (Fsp3) is 0.673. The Labute approximate surface area is 397 Å². The Morgan fingerprint density at radius 2 is 0.846 bits per heavy atom. The summed E-state index contributed by atoms with van der Waals surface area (Å²) in [6.45, 7) is 3.59. The molecule has 0 amide bonds. The molecule has 0 aliphatic heterocycles. The normalized spacial score (nSPS) is 14.0. The first-order chi connectivity index (χ1) is 31.8. The summed E-state index contributed by atoms with van der Waals surface area (Å²) < 4.78 is 32.8. The molecule has 0 spiro atoms. The van der Waals surface area contributed by atoms with E-state index in [0.717, 1.165) is 96.3 Å². The fourth-order valence-electron chi connectivity index (χ4n) is 6.71. The monoisotopic (exact) mass is 928 g/mol. The van der Waals surface area contributed by atoms with Gasteiger partial charge in [0.05, 0.1) is 13.2 Å². The molecule has 0 rings (SSSR count). The van der Waals surface area contributed by atoms with Crippen LogP contribution in [0.4, 0.5) is 0 Å². The zero-order chi connectivity index (χ0) is 47.4. The van der Waals surface area contributed by atoms with Crippen LogP contribution in [0, 0.1) is 0 Å². The number of ether oxygens (including phenoxy) is 2. The highest BCUT2D eigenvalue weighted by Crippen LogP contribution is 2.43. The van der Waals surface area contributed by atoms with E-state index in [9.17, 15) is 19.0 Å². The lowest BCUT2D eigenvalue weighted by atomic mass is 10.1. The van der Waals surface area contributed by atoms with E-state index in [-0.39, 0.29) is 38.6 Å². The highest BCUT2D eigenvalue weighted by molar-refractivity contribution is 7.47. The molecular formula is C55H94NO8P. The summed E-state index contributed by atoms with van der Waals surface area (Å²) >= 11 is 0. The molecule has 2 atom stereocenters. The van der Waals surface area contributed by atoms with Crippen molar-refractivity contribution in [1.82, 2.24) is 0 Å². The van der Waals surface area contributed by atoms with E-state index < -0.39 is 26.5 Å². The van der Waals surface area contributed by atoms with Gasteiger partial charge in [0.2, 0.25) is 0 Å². The number of esters is 2. The number of hydrogen-bond acceptors (Lipinski definition) is 8. The van der Waals surface area contributed by atoms with Crippen molar-refractivity contribution in [2.24, 2.45) is 5.73 Å². The minimum atomic E-state index is -4.38. The van der Waals surface area contributed by atoms with Crippen LogP contribution in [-0.4, -0.2) is 49.3 Å². The molecule has 0 heterocycles. The van der Waals surface area contributed by atoms with Crippen molar-refractivity contribution in [2.75, 3.05) is 26.4 Å². The van der Waals surface area contributed by atoms with E-state index >= 15 is 0 Å². The van der Waals surface area contributed by atoms with Gasteiger partial charge < -0.3 is 20.1 Å². The summed E-state index contributed by atoms with van der Waals surface area (Å²) in [5.74, 6) is -0.842. The van der Waals surface area contributed by atoms with E-state index in [2.05, 4.69) is 111 Å². The Kier molecular flexibility index (Phi) is 48.0. The van der Waals surface area contributed by atoms with Crippen LogP contribution in [-0.2, 0) is 32.7 Å². The zero-order valence-electron chi connectivity index (χ0n) is 41.2. The average molecular weight is 928 g/mol. The van der Waals surface area contributed by atoms with Gasteiger partial charge in [-0.15, -0.1) is 0 Å². The number of phosphoric acid groups is 1. The number of hydrogen-bond donors (Lipinski definition) is 2. The van der Waals surface area contributed by atoms with Crippen LogP contribution in [0.5, 0.6) is 0 Å². The maximum atomic E-state index is 12.6. The predicted molar refractivity (Wildman–Crippen MR) is 275 cm³/mol. The second-order valence-corrected chi connectivity index (χ2v) is 18.1. The summed E-state index contributed by atoms with van der Waals surface area (Å²) in [6.07, 6.45) is 66.0. The second-order valence-electron chi connectivity index (χ2n) is 16.7. The molecule has 10 heteroatoms. The number of allylic oxidation sites excluding steroid dienone is 16. The SMILES string of the molecule is CC/C=C\C/C=C\C/C=C\C/C=C\C/C=C\C/C=C\C/C=C\C/C=C\CCCCCCCCCCC(=O)OC(COC(=O)CCCCCCCCCCCCC)COP(=O)(O)OCCN. The van der Waals surface area contributed by atoms with Crippen molar-refractivity contribution in [3.8, 4) is 0 Å². The Bertz CT molecular complexity index is 1380. The molecule has 0 radical (unpaired) electrons. The minimum absolute atomic E-state index is 0.0485. The van der Waals surface area contributed by atoms with Crippen LogP contribution in [0.15, 0.2) is 97.2 Å². The van der Waals surface area contributed by atoms with Crippen molar-refractivity contribution in [1.29, 1.82) is 0 Å². The molecule has 0 fully saturated rings. The number of rotatable bonds is 47. The van der Waals surface area contributed by atoms with Gasteiger partial charge in [-0.3, -0.25) is 18.6 Å². The molecular weight excluding hydrogens is 834 g/mol. The number of carbonyl (C=O) groups is 2. The van der Waals surface area contributed by atoms with Gasteiger partial charge in [0.15, 0.2) is 6.10 Å². The Morgan fingerprint density at radius 1 is 0.477 bits per heavy atom.